The van der Waals surface area contributed by atoms with Gasteiger partial charge in [0.15, 0.2) is 0 Å². The van der Waals surface area contributed by atoms with Gasteiger partial charge in [-0.2, -0.15) is 4.31 Å². The van der Waals surface area contributed by atoms with Gasteiger partial charge >= 0.3 is 0 Å². The standard InChI is InChI=1S/C17H16BrN3O3S/c1-12-3-9-15(10-4-12)25(22,23)21(2)11-16-19-20-17(24-16)13-5-7-14(18)8-6-13/h3-10H,11H2,1-2H3. The Morgan fingerprint density at radius 2 is 1.68 bits per heavy atom. The highest BCUT2D eigenvalue weighted by atomic mass is 79.9. The van der Waals surface area contributed by atoms with Crippen LogP contribution < -0.4 is 0 Å². The summed E-state index contributed by atoms with van der Waals surface area (Å²) in [5.74, 6) is 0.583. The van der Waals surface area contributed by atoms with Crippen molar-refractivity contribution < 1.29 is 12.8 Å². The lowest BCUT2D eigenvalue weighted by Gasteiger charge is -2.15. The average molecular weight is 422 g/mol. The number of hydrogen-bond acceptors (Lipinski definition) is 5. The summed E-state index contributed by atoms with van der Waals surface area (Å²) in [4.78, 5) is 0.230. The highest BCUT2D eigenvalue weighted by Gasteiger charge is 2.23. The Bertz CT molecular complexity index is 967. The highest BCUT2D eigenvalue weighted by Crippen LogP contribution is 2.22. The molecule has 8 heteroatoms. The van der Waals surface area contributed by atoms with Gasteiger partial charge in [0, 0.05) is 17.1 Å². The van der Waals surface area contributed by atoms with E-state index in [9.17, 15) is 8.42 Å². The monoisotopic (exact) mass is 421 g/mol. The van der Waals surface area contributed by atoms with Gasteiger partial charge in [-0.15, -0.1) is 10.2 Å². The van der Waals surface area contributed by atoms with Crippen molar-refractivity contribution in [3.8, 4) is 11.5 Å². The minimum atomic E-state index is -3.62. The van der Waals surface area contributed by atoms with Crippen LogP contribution in [0.25, 0.3) is 11.5 Å². The van der Waals surface area contributed by atoms with E-state index in [1.165, 1.54) is 11.4 Å². The maximum atomic E-state index is 12.6. The highest BCUT2D eigenvalue weighted by molar-refractivity contribution is 9.10. The number of aromatic nitrogens is 2. The van der Waals surface area contributed by atoms with E-state index in [4.69, 9.17) is 4.42 Å². The molecule has 0 saturated carbocycles. The van der Waals surface area contributed by atoms with Crippen LogP contribution in [0, 0.1) is 6.92 Å². The molecule has 6 nitrogen and oxygen atoms in total. The minimum Gasteiger partial charge on any atom is -0.419 e. The quantitative estimate of drug-likeness (QED) is 0.628. The molecular formula is C17H16BrN3O3S. The van der Waals surface area contributed by atoms with E-state index in [1.807, 2.05) is 31.2 Å². The lowest BCUT2D eigenvalue weighted by molar-refractivity contribution is 0.400. The normalized spacial score (nSPS) is 11.8. The largest absolute Gasteiger partial charge is 0.419 e. The van der Waals surface area contributed by atoms with Gasteiger partial charge in [0.05, 0.1) is 11.4 Å². The van der Waals surface area contributed by atoms with Gasteiger partial charge in [0.1, 0.15) is 0 Å². The summed E-state index contributed by atoms with van der Waals surface area (Å²) in [6.45, 7) is 1.90. The van der Waals surface area contributed by atoms with Gasteiger partial charge < -0.3 is 4.42 Å². The van der Waals surface area contributed by atoms with Gasteiger partial charge in [-0.25, -0.2) is 8.42 Å². The first-order valence-electron chi connectivity index (χ1n) is 7.47. The van der Waals surface area contributed by atoms with Crippen LogP contribution in [-0.4, -0.2) is 30.0 Å². The molecular weight excluding hydrogens is 406 g/mol. The summed E-state index contributed by atoms with van der Waals surface area (Å²) < 4.78 is 32.9. The van der Waals surface area contributed by atoms with Crippen molar-refractivity contribution in [1.29, 1.82) is 0 Å². The van der Waals surface area contributed by atoms with Crippen molar-refractivity contribution in [3.05, 3.63) is 64.5 Å². The van der Waals surface area contributed by atoms with E-state index < -0.39 is 10.0 Å². The Morgan fingerprint density at radius 3 is 2.32 bits per heavy atom. The zero-order chi connectivity index (χ0) is 18.0. The van der Waals surface area contributed by atoms with Gasteiger partial charge in [0.25, 0.3) is 0 Å². The number of aryl methyl sites for hydroxylation is 1. The van der Waals surface area contributed by atoms with Crippen molar-refractivity contribution in [2.24, 2.45) is 0 Å². The van der Waals surface area contributed by atoms with Crippen LogP contribution in [0.5, 0.6) is 0 Å². The molecule has 0 fully saturated rings. The van der Waals surface area contributed by atoms with Gasteiger partial charge in [-0.3, -0.25) is 0 Å². The maximum Gasteiger partial charge on any atom is 0.247 e. The van der Waals surface area contributed by atoms with Crippen LogP contribution in [0.3, 0.4) is 0 Å². The number of benzene rings is 2. The van der Waals surface area contributed by atoms with Crippen LogP contribution in [0.15, 0.2) is 62.3 Å². The molecule has 0 atom stereocenters. The number of halogens is 1. The zero-order valence-electron chi connectivity index (χ0n) is 13.7. The third-order valence-corrected chi connectivity index (χ3v) is 5.99. The van der Waals surface area contributed by atoms with Crippen LogP contribution in [0.1, 0.15) is 11.5 Å². The molecule has 0 radical (unpaired) electrons. The molecule has 0 aliphatic rings. The van der Waals surface area contributed by atoms with Crippen molar-refractivity contribution >= 4 is 26.0 Å². The molecule has 0 aliphatic heterocycles. The number of nitrogens with zero attached hydrogens (tertiary/aromatic N) is 3. The Hall–Kier alpha value is -2.03. The molecule has 130 valence electrons. The Morgan fingerprint density at radius 1 is 1.04 bits per heavy atom. The molecule has 0 saturated heterocycles. The fourth-order valence-electron chi connectivity index (χ4n) is 2.19. The van der Waals surface area contributed by atoms with E-state index in [-0.39, 0.29) is 17.3 Å². The summed E-state index contributed by atoms with van der Waals surface area (Å²) in [6, 6.07) is 14.1. The van der Waals surface area contributed by atoms with Gasteiger partial charge in [0.2, 0.25) is 21.8 Å². The van der Waals surface area contributed by atoms with Crippen molar-refractivity contribution in [3.63, 3.8) is 0 Å². The second-order valence-corrected chi connectivity index (χ2v) is 8.54. The average Bonchev–Trinajstić information content (AvgIpc) is 3.04. The maximum absolute atomic E-state index is 12.6. The second kappa shape index (κ2) is 7.07. The Labute approximate surface area is 154 Å². The first kappa shape index (κ1) is 17.8. The van der Waals surface area contributed by atoms with Crippen molar-refractivity contribution in [2.45, 2.75) is 18.4 Å². The topological polar surface area (TPSA) is 76.3 Å². The van der Waals surface area contributed by atoms with E-state index in [0.29, 0.717) is 5.89 Å². The zero-order valence-corrected chi connectivity index (χ0v) is 16.1. The predicted octanol–water partition coefficient (Wildman–Crippen LogP) is 3.63. The number of sulfonamides is 1. The molecule has 0 unspecified atom stereocenters. The first-order valence-corrected chi connectivity index (χ1v) is 9.71. The first-order chi connectivity index (χ1) is 11.9. The van der Waals surface area contributed by atoms with Gasteiger partial charge in [-0.05, 0) is 43.3 Å². The summed E-state index contributed by atoms with van der Waals surface area (Å²) in [5, 5.41) is 7.92. The fraction of sp³-hybridized carbons (Fsp3) is 0.176. The Kier molecular flexibility index (Phi) is 5.03. The van der Waals surface area contributed by atoms with Crippen LogP contribution >= 0.6 is 15.9 Å². The van der Waals surface area contributed by atoms with E-state index >= 15 is 0 Å². The SMILES string of the molecule is Cc1ccc(S(=O)(=O)N(C)Cc2nnc(-c3ccc(Br)cc3)o2)cc1. The third kappa shape index (κ3) is 3.97. The third-order valence-electron chi connectivity index (χ3n) is 3.65. The molecule has 0 bridgehead atoms. The molecule has 3 rings (SSSR count). The second-order valence-electron chi connectivity index (χ2n) is 5.58. The molecule has 1 aromatic heterocycles. The smallest absolute Gasteiger partial charge is 0.247 e. The molecule has 0 aliphatic carbocycles. The molecule has 0 amide bonds. The van der Waals surface area contributed by atoms with Gasteiger partial charge in [-0.1, -0.05) is 33.6 Å². The molecule has 3 aromatic rings. The fourth-order valence-corrected chi connectivity index (χ4v) is 3.58. The van der Waals surface area contributed by atoms with E-state index in [2.05, 4.69) is 26.1 Å². The summed E-state index contributed by atoms with van der Waals surface area (Å²) in [7, 11) is -2.13. The van der Waals surface area contributed by atoms with Crippen molar-refractivity contribution in [2.75, 3.05) is 7.05 Å². The molecule has 25 heavy (non-hydrogen) atoms. The summed E-state index contributed by atoms with van der Waals surface area (Å²) in [5.41, 5.74) is 1.77. The van der Waals surface area contributed by atoms with Crippen LogP contribution in [0.4, 0.5) is 0 Å². The lowest BCUT2D eigenvalue weighted by atomic mass is 10.2. The molecule has 1 heterocycles. The van der Waals surface area contributed by atoms with E-state index in [0.717, 1.165) is 15.6 Å². The van der Waals surface area contributed by atoms with E-state index in [1.54, 1.807) is 24.3 Å². The Balaban J connectivity index is 1.78. The minimum absolute atomic E-state index is 0.000260. The molecule has 2 aromatic carbocycles. The van der Waals surface area contributed by atoms with Crippen LogP contribution in [-0.2, 0) is 16.6 Å². The predicted molar refractivity (Wildman–Crippen MR) is 97.3 cm³/mol. The van der Waals surface area contributed by atoms with Crippen LogP contribution in [0.2, 0.25) is 0 Å². The molecule has 0 N–H and O–H groups in total. The molecule has 0 spiro atoms. The summed E-state index contributed by atoms with van der Waals surface area (Å²) in [6.07, 6.45) is 0. The summed E-state index contributed by atoms with van der Waals surface area (Å²) >= 11 is 3.36. The number of rotatable bonds is 5. The van der Waals surface area contributed by atoms with Crippen molar-refractivity contribution in [1.82, 2.24) is 14.5 Å². The number of hydrogen-bond donors (Lipinski definition) is 0. The lowest BCUT2D eigenvalue weighted by Crippen LogP contribution is -2.26.